The molecule has 0 saturated carbocycles. The van der Waals surface area contributed by atoms with Gasteiger partial charge in [-0.05, 0) is 23.4 Å². The molecule has 2 rings (SSSR count). The molecule has 0 aromatic carbocycles. The first kappa shape index (κ1) is 14.5. The lowest BCUT2D eigenvalue weighted by molar-refractivity contribution is 0.673. The second-order valence-electron chi connectivity index (χ2n) is 4.30. The average Bonchev–Trinajstić information content (AvgIpc) is 3.08. The summed E-state index contributed by atoms with van der Waals surface area (Å²) in [4.78, 5) is 9.74. The van der Waals surface area contributed by atoms with Crippen LogP contribution in [0, 0.1) is 0 Å². The molecule has 2 N–H and O–H groups in total. The van der Waals surface area contributed by atoms with E-state index in [0.29, 0.717) is 6.54 Å². The summed E-state index contributed by atoms with van der Waals surface area (Å²) >= 11 is 1.77. The Morgan fingerprint density at radius 2 is 2.20 bits per heavy atom. The summed E-state index contributed by atoms with van der Waals surface area (Å²) in [5.74, 6) is 1.64. The third kappa shape index (κ3) is 3.57. The Labute approximate surface area is 123 Å². The number of hydrogen-bond acceptors (Lipinski definition) is 4. The van der Waals surface area contributed by atoms with Crippen molar-refractivity contribution in [1.29, 1.82) is 0 Å². The minimum absolute atomic E-state index is 0.598. The Bertz CT molecular complexity index is 571. The lowest BCUT2D eigenvalue weighted by Crippen LogP contribution is -2.36. The van der Waals surface area contributed by atoms with Crippen LogP contribution in [0.1, 0.15) is 23.2 Å². The van der Waals surface area contributed by atoms with Crippen molar-refractivity contribution < 1.29 is 0 Å². The van der Waals surface area contributed by atoms with Gasteiger partial charge in [0.05, 0.1) is 13.1 Å². The number of aliphatic imine (C=N–C) groups is 1. The van der Waals surface area contributed by atoms with Crippen LogP contribution in [-0.2, 0) is 26.6 Å². The van der Waals surface area contributed by atoms with E-state index in [4.69, 9.17) is 0 Å². The van der Waals surface area contributed by atoms with Crippen molar-refractivity contribution in [3.05, 3.63) is 34.0 Å². The van der Waals surface area contributed by atoms with E-state index in [-0.39, 0.29) is 0 Å². The van der Waals surface area contributed by atoms with E-state index in [0.717, 1.165) is 24.7 Å². The van der Waals surface area contributed by atoms with Gasteiger partial charge in [0.2, 0.25) is 0 Å². The molecular formula is C13H20N6S. The third-order valence-corrected chi connectivity index (χ3v) is 4.04. The van der Waals surface area contributed by atoms with Gasteiger partial charge in [-0.25, -0.2) is 4.98 Å². The highest BCUT2D eigenvalue weighted by atomic mass is 32.1. The van der Waals surface area contributed by atoms with Gasteiger partial charge in [0.25, 0.3) is 0 Å². The molecule has 0 atom stereocenters. The predicted molar refractivity (Wildman–Crippen MR) is 81.7 cm³/mol. The zero-order valence-electron chi connectivity index (χ0n) is 12.1. The molecule has 20 heavy (non-hydrogen) atoms. The van der Waals surface area contributed by atoms with Crippen molar-refractivity contribution in [2.75, 3.05) is 7.05 Å². The van der Waals surface area contributed by atoms with Crippen molar-refractivity contribution in [2.24, 2.45) is 12.0 Å². The van der Waals surface area contributed by atoms with Crippen LogP contribution in [0.4, 0.5) is 0 Å². The van der Waals surface area contributed by atoms with Gasteiger partial charge in [0, 0.05) is 19.0 Å². The van der Waals surface area contributed by atoms with Gasteiger partial charge in [-0.15, -0.1) is 11.3 Å². The summed E-state index contributed by atoms with van der Waals surface area (Å²) in [5.41, 5.74) is 1.39. The first-order valence-corrected chi connectivity index (χ1v) is 7.45. The number of aryl methyl sites for hydroxylation is 2. The SMILES string of the molecule is CCc1ccsc1CNC(=NC)NCc1ncnn1C. The topological polar surface area (TPSA) is 67.1 Å². The van der Waals surface area contributed by atoms with Gasteiger partial charge >= 0.3 is 0 Å². The Hall–Kier alpha value is -1.89. The summed E-state index contributed by atoms with van der Waals surface area (Å²) in [7, 11) is 3.64. The average molecular weight is 292 g/mol. The molecule has 0 saturated heterocycles. The van der Waals surface area contributed by atoms with E-state index in [2.05, 4.69) is 44.1 Å². The maximum Gasteiger partial charge on any atom is 0.191 e. The van der Waals surface area contributed by atoms with E-state index in [1.807, 2.05) is 7.05 Å². The minimum Gasteiger partial charge on any atom is -0.352 e. The van der Waals surface area contributed by atoms with Crippen LogP contribution < -0.4 is 10.6 Å². The first-order valence-electron chi connectivity index (χ1n) is 6.57. The molecule has 0 aliphatic rings. The number of hydrogen-bond donors (Lipinski definition) is 2. The number of guanidine groups is 1. The Kier molecular flexibility index (Phi) is 5.11. The van der Waals surface area contributed by atoms with E-state index in [1.54, 1.807) is 29.4 Å². The predicted octanol–water partition coefficient (Wildman–Crippen LogP) is 1.30. The summed E-state index contributed by atoms with van der Waals surface area (Å²) in [5, 5.41) is 12.7. The maximum atomic E-state index is 4.21. The fourth-order valence-electron chi connectivity index (χ4n) is 1.86. The van der Waals surface area contributed by atoms with Crippen LogP contribution in [0.5, 0.6) is 0 Å². The molecular weight excluding hydrogens is 272 g/mol. The van der Waals surface area contributed by atoms with Crippen molar-refractivity contribution in [2.45, 2.75) is 26.4 Å². The summed E-state index contributed by atoms with van der Waals surface area (Å²) < 4.78 is 1.74. The molecule has 2 heterocycles. The largest absolute Gasteiger partial charge is 0.352 e. The fraction of sp³-hybridized carbons (Fsp3) is 0.462. The molecule has 0 bridgehead atoms. The van der Waals surface area contributed by atoms with Gasteiger partial charge < -0.3 is 10.6 Å². The van der Waals surface area contributed by atoms with Crippen LogP contribution in [0.15, 0.2) is 22.8 Å². The Morgan fingerprint density at radius 3 is 2.85 bits per heavy atom. The molecule has 0 aliphatic carbocycles. The smallest absolute Gasteiger partial charge is 0.191 e. The number of nitrogens with zero attached hydrogens (tertiary/aromatic N) is 4. The number of rotatable bonds is 5. The second kappa shape index (κ2) is 7.04. The van der Waals surface area contributed by atoms with Gasteiger partial charge in [-0.2, -0.15) is 5.10 Å². The van der Waals surface area contributed by atoms with Crippen molar-refractivity contribution in [3.8, 4) is 0 Å². The molecule has 6 nitrogen and oxygen atoms in total. The van der Waals surface area contributed by atoms with Gasteiger partial charge in [0.15, 0.2) is 5.96 Å². The Balaban J connectivity index is 1.86. The number of aromatic nitrogens is 3. The molecule has 0 spiro atoms. The summed E-state index contributed by atoms with van der Waals surface area (Å²) in [6.07, 6.45) is 2.61. The quantitative estimate of drug-likeness (QED) is 0.644. The molecule has 2 aromatic heterocycles. The Morgan fingerprint density at radius 1 is 1.40 bits per heavy atom. The molecule has 108 valence electrons. The van der Waals surface area contributed by atoms with Gasteiger partial charge in [-0.3, -0.25) is 9.67 Å². The molecule has 2 aromatic rings. The van der Waals surface area contributed by atoms with Crippen LogP contribution in [0.2, 0.25) is 0 Å². The van der Waals surface area contributed by atoms with Crippen molar-refractivity contribution in [1.82, 2.24) is 25.4 Å². The number of nitrogens with one attached hydrogen (secondary N) is 2. The van der Waals surface area contributed by atoms with E-state index >= 15 is 0 Å². The molecule has 0 fully saturated rings. The third-order valence-electron chi connectivity index (χ3n) is 3.08. The van der Waals surface area contributed by atoms with E-state index in [1.165, 1.54) is 10.4 Å². The van der Waals surface area contributed by atoms with E-state index < -0.39 is 0 Å². The normalized spacial score (nSPS) is 11.7. The highest BCUT2D eigenvalue weighted by Crippen LogP contribution is 2.16. The van der Waals surface area contributed by atoms with Gasteiger partial charge in [-0.1, -0.05) is 6.92 Å². The van der Waals surface area contributed by atoms with Crippen LogP contribution >= 0.6 is 11.3 Å². The minimum atomic E-state index is 0.598. The zero-order valence-corrected chi connectivity index (χ0v) is 12.9. The lowest BCUT2D eigenvalue weighted by Gasteiger charge is -2.11. The van der Waals surface area contributed by atoms with Crippen LogP contribution in [0.3, 0.4) is 0 Å². The number of thiophene rings is 1. The second-order valence-corrected chi connectivity index (χ2v) is 5.30. The van der Waals surface area contributed by atoms with Gasteiger partial charge in [0.1, 0.15) is 12.2 Å². The monoisotopic (exact) mass is 292 g/mol. The fourth-order valence-corrected chi connectivity index (χ4v) is 2.78. The zero-order chi connectivity index (χ0) is 14.4. The maximum absolute atomic E-state index is 4.21. The highest BCUT2D eigenvalue weighted by molar-refractivity contribution is 7.10. The van der Waals surface area contributed by atoms with Crippen LogP contribution in [0.25, 0.3) is 0 Å². The van der Waals surface area contributed by atoms with Crippen LogP contribution in [-0.4, -0.2) is 27.8 Å². The molecule has 7 heteroatoms. The molecule has 0 unspecified atom stereocenters. The summed E-state index contributed by atoms with van der Waals surface area (Å²) in [6, 6.07) is 2.18. The first-order chi connectivity index (χ1) is 9.74. The standard InChI is InChI=1S/C13H20N6S/c1-4-10-5-6-20-11(10)7-15-13(14-2)16-8-12-17-9-18-19(12)3/h5-6,9H,4,7-8H2,1-3H3,(H2,14,15,16). The molecule has 0 aliphatic heterocycles. The molecule has 0 radical (unpaired) electrons. The molecule has 0 amide bonds. The lowest BCUT2D eigenvalue weighted by atomic mass is 10.2. The van der Waals surface area contributed by atoms with Crippen molar-refractivity contribution in [3.63, 3.8) is 0 Å². The summed E-state index contributed by atoms with van der Waals surface area (Å²) in [6.45, 7) is 3.56. The van der Waals surface area contributed by atoms with E-state index in [9.17, 15) is 0 Å². The van der Waals surface area contributed by atoms with Crippen molar-refractivity contribution >= 4 is 17.3 Å². The highest BCUT2D eigenvalue weighted by Gasteiger charge is 2.05.